The third-order valence-corrected chi connectivity index (χ3v) is 5.78. The highest BCUT2D eigenvalue weighted by Gasteiger charge is 2.40. The summed E-state index contributed by atoms with van der Waals surface area (Å²) in [7, 11) is 0. The molecule has 5 nitrogen and oxygen atoms in total. The van der Waals surface area contributed by atoms with E-state index in [-0.39, 0.29) is 17.9 Å². The molecule has 3 saturated heterocycles. The van der Waals surface area contributed by atoms with Gasteiger partial charge < -0.3 is 9.32 Å². The van der Waals surface area contributed by atoms with E-state index in [1.165, 1.54) is 0 Å². The van der Waals surface area contributed by atoms with Crippen LogP contribution >= 0.6 is 0 Å². The first-order chi connectivity index (χ1) is 13.3. The molecule has 5 heterocycles. The summed E-state index contributed by atoms with van der Waals surface area (Å²) in [6.45, 7) is 3.07. The molecule has 27 heavy (non-hydrogen) atoms. The third-order valence-electron chi connectivity index (χ3n) is 5.78. The minimum absolute atomic E-state index is 0.0804. The fourth-order valence-corrected chi connectivity index (χ4v) is 4.47. The number of para-hydroxylation sites is 1. The summed E-state index contributed by atoms with van der Waals surface area (Å²) in [6.07, 6.45) is 3.85. The average Bonchev–Trinajstić information content (AvgIpc) is 2.92. The maximum absolute atomic E-state index is 13.0. The summed E-state index contributed by atoms with van der Waals surface area (Å²) in [6, 6.07) is 16.4. The molecule has 0 aliphatic carbocycles. The Kier molecular flexibility index (Phi) is 4.17. The number of carbonyl (C=O) groups is 1. The molecule has 3 aliphatic rings. The number of furan rings is 1. The van der Waals surface area contributed by atoms with Crippen molar-refractivity contribution >= 4 is 16.9 Å². The number of hydrogen-bond donors (Lipinski definition) is 0. The van der Waals surface area contributed by atoms with Crippen LogP contribution in [0, 0.1) is 5.92 Å². The molecule has 6 rings (SSSR count). The summed E-state index contributed by atoms with van der Waals surface area (Å²) in [5, 5.41) is 1.14. The van der Waals surface area contributed by atoms with Gasteiger partial charge in [-0.25, -0.2) is 0 Å². The molecule has 2 aromatic heterocycles. The molecule has 2 bridgehead atoms. The summed E-state index contributed by atoms with van der Waals surface area (Å²) in [5.41, 5.74) is 1.89. The number of piperidine rings is 1. The average molecular weight is 361 g/mol. The maximum Gasteiger partial charge on any atom is 0.227 e. The maximum atomic E-state index is 13.0. The van der Waals surface area contributed by atoms with E-state index >= 15 is 0 Å². The van der Waals surface area contributed by atoms with Gasteiger partial charge in [-0.15, -0.1) is 0 Å². The largest absolute Gasteiger partial charge is 0.460 e. The lowest BCUT2D eigenvalue weighted by Crippen LogP contribution is -2.47. The molecule has 5 heteroatoms. The molecular weight excluding hydrogens is 338 g/mol. The second kappa shape index (κ2) is 6.82. The first-order valence-corrected chi connectivity index (χ1v) is 9.66. The van der Waals surface area contributed by atoms with Gasteiger partial charge in [0.1, 0.15) is 11.3 Å². The highest BCUT2D eigenvalue weighted by atomic mass is 16.3. The smallest absolute Gasteiger partial charge is 0.227 e. The van der Waals surface area contributed by atoms with E-state index in [0.29, 0.717) is 6.54 Å². The van der Waals surface area contributed by atoms with Gasteiger partial charge in [-0.3, -0.25) is 14.7 Å². The van der Waals surface area contributed by atoms with Gasteiger partial charge in [-0.05, 0) is 37.1 Å². The summed E-state index contributed by atoms with van der Waals surface area (Å²) in [4.78, 5) is 21.8. The van der Waals surface area contributed by atoms with Gasteiger partial charge in [0.2, 0.25) is 5.91 Å². The molecule has 0 N–H and O–H groups in total. The Balaban J connectivity index is 1.34. The van der Waals surface area contributed by atoms with Crippen LogP contribution in [0.3, 0.4) is 0 Å². The Morgan fingerprint density at radius 1 is 1.04 bits per heavy atom. The fraction of sp³-hybridized carbons (Fsp3) is 0.364. The molecule has 2 atom stereocenters. The predicted molar refractivity (Wildman–Crippen MR) is 103 cm³/mol. The first kappa shape index (κ1) is 16.5. The van der Waals surface area contributed by atoms with Crippen LogP contribution < -0.4 is 0 Å². The number of amides is 1. The summed E-state index contributed by atoms with van der Waals surface area (Å²) in [5.74, 6) is 1.34. The van der Waals surface area contributed by atoms with Crippen molar-refractivity contribution in [2.75, 3.05) is 13.1 Å². The van der Waals surface area contributed by atoms with E-state index in [2.05, 4.69) is 26.9 Å². The summed E-state index contributed by atoms with van der Waals surface area (Å²) < 4.78 is 6.00. The van der Waals surface area contributed by atoms with Gasteiger partial charge in [0, 0.05) is 30.7 Å². The van der Waals surface area contributed by atoms with Crippen LogP contribution in [0.15, 0.2) is 59.1 Å². The number of benzene rings is 1. The van der Waals surface area contributed by atoms with Crippen molar-refractivity contribution in [3.8, 4) is 0 Å². The molecule has 138 valence electrons. The van der Waals surface area contributed by atoms with E-state index in [1.807, 2.05) is 36.4 Å². The number of aromatic nitrogens is 1. The summed E-state index contributed by atoms with van der Waals surface area (Å²) >= 11 is 0. The highest BCUT2D eigenvalue weighted by Crippen LogP contribution is 2.31. The van der Waals surface area contributed by atoms with Crippen molar-refractivity contribution in [2.45, 2.75) is 32.0 Å². The minimum Gasteiger partial charge on any atom is -0.460 e. The Morgan fingerprint density at radius 2 is 1.93 bits per heavy atom. The van der Waals surface area contributed by atoms with Crippen LogP contribution in [-0.4, -0.2) is 39.8 Å². The van der Waals surface area contributed by atoms with Crippen LogP contribution in [0.2, 0.25) is 0 Å². The van der Waals surface area contributed by atoms with E-state index in [4.69, 9.17) is 4.42 Å². The van der Waals surface area contributed by atoms with Gasteiger partial charge in [0.15, 0.2) is 0 Å². The van der Waals surface area contributed by atoms with E-state index in [1.54, 1.807) is 6.20 Å². The topological polar surface area (TPSA) is 49.6 Å². The van der Waals surface area contributed by atoms with Gasteiger partial charge in [-0.1, -0.05) is 24.3 Å². The van der Waals surface area contributed by atoms with Crippen LogP contribution in [0.25, 0.3) is 11.0 Å². The van der Waals surface area contributed by atoms with Gasteiger partial charge in [-0.2, -0.15) is 0 Å². The van der Waals surface area contributed by atoms with Crippen LogP contribution in [0.5, 0.6) is 0 Å². The van der Waals surface area contributed by atoms with Crippen molar-refractivity contribution in [3.05, 3.63) is 66.2 Å². The number of nitrogens with zero attached hydrogens (tertiary/aromatic N) is 3. The Hall–Kier alpha value is -2.66. The predicted octanol–water partition coefficient (Wildman–Crippen LogP) is 3.45. The Morgan fingerprint density at radius 3 is 2.78 bits per heavy atom. The van der Waals surface area contributed by atoms with E-state index in [9.17, 15) is 4.79 Å². The van der Waals surface area contributed by atoms with Gasteiger partial charge in [0.25, 0.3) is 0 Å². The molecule has 1 aromatic carbocycles. The molecule has 3 fully saturated rings. The lowest BCUT2D eigenvalue weighted by atomic mass is 9.94. The second-order valence-electron chi connectivity index (χ2n) is 7.66. The fourth-order valence-electron chi connectivity index (χ4n) is 4.47. The monoisotopic (exact) mass is 361 g/mol. The van der Waals surface area contributed by atoms with Crippen LogP contribution in [0.4, 0.5) is 0 Å². The number of pyridine rings is 1. The van der Waals surface area contributed by atoms with Gasteiger partial charge >= 0.3 is 0 Å². The zero-order valence-electron chi connectivity index (χ0n) is 15.3. The molecule has 1 amide bonds. The Labute approximate surface area is 158 Å². The zero-order chi connectivity index (χ0) is 18.2. The van der Waals surface area contributed by atoms with Crippen molar-refractivity contribution in [1.82, 2.24) is 14.8 Å². The van der Waals surface area contributed by atoms with Crippen molar-refractivity contribution < 1.29 is 9.21 Å². The molecule has 0 unspecified atom stereocenters. The zero-order valence-corrected chi connectivity index (χ0v) is 15.3. The first-order valence-electron chi connectivity index (χ1n) is 9.66. The lowest BCUT2D eigenvalue weighted by molar-refractivity contribution is -0.140. The SMILES string of the molecule is O=C1[C@H]2CC[C@H](CN(Cc3cc4ccccc4o3)C2)N1Cc1ccccn1. The van der Waals surface area contributed by atoms with Crippen molar-refractivity contribution in [3.63, 3.8) is 0 Å². The molecule has 3 aliphatic heterocycles. The minimum atomic E-state index is 0.0804. The number of carbonyl (C=O) groups excluding carboxylic acids is 1. The molecule has 3 aromatic rings. The molecular formula is C22H23N3O2. The highest BCUT2D eigenvalue weighted by molar-refractivity contribution is 5.80. The number of fused-ring (bicyclic) bond motifs is 5. The standard InChI is InChI=1S/C22H23N3O2/c26-22-17-8-9-19(25(22)13-18-6-3-4-10-23-18)14-24(12-17)15-20-11-16-5-1-2-7-21(16)27-20/h1-7,10-11,17,19H,8-9,12-15H2/t17-,19+/m0/s1. The molecule has 0 radical (unpaired) electrons. The normalized spacial score (nSPS) is 23.1. The second-order valence-corrected chi connectivity index (χ2v) is 7.66. The quantitative estimate of drug-likeness (QED) is 0.714. The van der Waals surface area contributed by atoms with Crippen molar-refractivity contribution in [1.29, 1.82) is 0 Å². The van der Waals surface area contributed by atoms with Crippen molar-refractivity contribution in [2.24, 2.45) is 5.92 Å². The van der Waals surface area contributed by atoms with Gasteiger partial charge in [0.05, 0.1) is 24.7 Å². The lowest BCUT2D eigenvalue weighted by Gasteiger charge is -2.35. The number of rotatable bonds is 4. The van der Waals surface area contributed by atoms with Crippen LogP contribution in [-0.2, 0) is 17.9 Å². The molecule has 0 saturated carbocycles. The Bertz CT molecular complexity index is 919. The molecule has 0 spiro atoms. The van der Waals surface area contributed by atoms with E-state index in [0.717, 1.165) is 54.9 Å². The third kappa shape index (κ3) is 3.23. The van der Waals surface area contributed by atoms with E-state index < -0.39 is 0 Å². The number of hydrogen-bond acceptors (Lipinski definition) is 4. The van der Waals surface area contributed by atoms with Crippen LogP contribution in [0.1, 0.15) is 24.3 Å².